The summed E-state index contributed by atoms with van der Waals surface area (Å²) < 4.78 is 0. The molecule has 0 aliphatic heterocycles. The number of hydrogen-bond donors (Lipinski definition) is 0. The first-order valence-electron chi connectivity index (χ1n) is 11.9. The maximum absolute atomic E-state index is 2.41. The minimum atomic E-state index is 0.789. The Labute approximate surface area is 172 Å². The minimum absolute atomic E-state index is 0.789. The van der Waals surface area contributed by atoms with Crippen molar-refractivity contribution in [2.45, 2.75) is 84.0 Å². The van der Waals surface area contributed by atoms with E-state index in [0.29, 0.717) is 0 Å². The first kappa shape index (κ1) is 19.7. The highest BCUT2D eigenvalue weighted by Gasteiger charge is 2.21. The maximum atomic E-state index is 2.41. The molecular weight excluding hydrogens is 336 g/mol. The lowest BCUT2D eigenvalue weighted by Crippen LogP contribution is -2.14. The average molecular weight is 375 g/mol. The van der Waals surface area contributed by atoms with E-state index in [1.165, 1.54) is 80.9 Å². The van der Waals surface area contributed by atoms with Crippen LogP contribution in [-0.4, -0.2) is 0 Å². The Morgan fingerprint density at radius 1 is 0.643 bits per heavy atom. The lowest BCUT2D eigenvalue weighted by molar-refractivity contribution is 0.289. The quantitative estimate of drug-likeness (QED) is 0.493. The fourth-order valence-corrected chi connectivity index (χ4v) is 5.55. The second kappa shape index (κ2) is 9.29. The lowest BCUT2D eigenvalue weighted by Gasteiger charge is -2.28. The second-order valence-electron chi connectivity index (χ2n) is 9.77. The standard InChI is InChI=1S/C28H38/c1-3-22-8-12-25(13-9-22)27-16-18-28(19-17-27)26-14-10-24(11-15-26)20-23-6-4-21(2)5-7-23/h10-11,14-19,21-23,25H,3-9,12-13,20H2,1-2H3. The van der Waals surface area contributed by atoms with Gasteiger partial charge < -0.3 is 0 Å². The van der Waals surface area contributed by atoms with Crippen LogP contribution >= 0.6 is 0 Å². The predicted molar refractivity (Wildman–Crippen MR) is 122 cm³/mol. The first-order valence-corrected chi connectivity index (χ1v) is 11.9. The van der Waals surface area contributed by atoms with Gasteiger partial charge in [0.15, 0.2) is 0 Å². The van der Waals surface area contributed by atoms with E-state index in [2.05, 4.69) is 62.4 Å². The highest BCUT2D eigenvalue weighted by molar-refractivity contribution is 5.64. The monoisotopic (exact) mass is 374 g/mol. The first-order chi connectivity index (χ1) is 13.7. The largest absolute Gasteiger partial charge is 0.0651 e. The van der Waals surface area contributed by atoms with Crippen LogP contribution in [0.25, 0.3) is 11.1 Å². The number of hydrogen-bond acceptors (Lipinski definition) is 0. The molecule has 2 aromatic carbocycles. The smallest absolute Gasteiger partial charge is 0.0162 e. The van der Waals surface area contributed by atoms with Crippen molar-refractivity contribution in [3.8, 4) is 11.1 Å². The Balaban J connectivity index is 1.35. The Kier molecular flexibility index (Phi) is 6.55. The van der Waals surface area contributed by atoms with Crippen LogP contribution in [0.2, 0.25) is 0 Å². The fourth-order valence-electron chi connectivity index (χ4n) is 5.55. The van der Waals surface area contributed by atoms with Gasteiger partial charge in [0.2, 0.25) is 0 Å². The molecule has 28 heavy (non-hydrogen) atoms. The van der Waals surface area contributed by atoms with Gasteiger partial charge in [-0.05, 0) is 90.9 Å². The van der Waals surface area contributed by atoms with Crippen molar-refractivity contribution in [1.82, 2.24) is 0 Å². The third-order valence-corrected chi connectivity index (χ3v) is 7.75. The van der Waals surface area contributed by atoms with Crippen molar-refractivity contribution >= 4 is 0 Å². The molecule has 0 spiro atoms. The summed E-state index contributed by atoms with van der Waals surface area (Å²) >= 11 is 0. The van der Waals surface area contributed by atoms with E-state index in [-0.39, 0.29) is 0 Å². The fraction of sp³-hybridized carbons (Fsp3) is 0.571. The van der Waals surface area contributed by atoms with Crippen molar-refractivity contribution in [2.24, 2.45) is 17.8 Å². The highest BCUT2D eigenvalue weighted by atomic mass is 14.3. The molecule has 0 unspecified atom stereocenters. The third kappa shape index (κ3) is 4.88. The molecule has 0 amide bonds. The van der Waals surface area contributed by atoms with Crippen LogP contribution < -0.4 is 0 Å². The van der Waals surface area contributed by atoms with Gasteiger partial charge in [-0.25, -0.2) is 0 Å². The van der Waals surface area contributed by atoms with Crippen LogP contribution in [0.3, 0.4) is 0 Å². The molecule has 2 aliphatic rings. The molecule has 0 radical (unpaired) electrons. The SMILES string of the molecule is CCC1CCC(c2ccc(-c3ccc(CC4CCC(C)CC4)cc3)cc2)CC1. The van der Waals surface area contributed by atoms with E-state index in [0.717, 1.165) is 23.7 Å². The van der Waals surface area contributed by atoms with Crippen LogP contribution in [0.4, 0.5) is 0 Å². The zero-order valence-electron chi connectivity index (χ0n) is 18.0. The Morgan fingerprint density at radius 2 is 1.18 bits per heavy atom. The van der Waals surface area contributed by atoms with E-state index in [1.54, 1.807) is 5.56 Å². The van der Waals surface area contributed by atoms with Gasteiger partial charge >= 0.3 is 0 Å². The summed E-state index contributed by atoms with van der Waals surface area (Å²) in [6.45, 7) is 4.76. The van der Waals surface area contributed by atoms with Crippen molar-refractivity contribution in [1.29, 1.82) is 0 Å². The molecule has 0 heteroatoms. The second-order valence-corrected chi connectivity index (χ2v) is 9.77. The minimum Gasteiger partial charge on any atom is -0.0651 e. The van der Waals surface area contributed by atoms with E-state index in [1.807, 2.05) is 0 Å². The molecule has 0 N–H and O–H groups in total. The van der Waals surface area contributed by atoms with E-state index in [9.17, 15) is 0 Å². The summed E-state index contributed by atoms with van der Waals surface area (Å²) in [6, 6.07) is 18.9. The normalized spacial score (nSPS) is 28.2. The Hall–Kier alpha value is -1.56. The van der Waals surface area contributed by atoms with E-state index in [4.69, 9.17) is 0 Å². The van der Waals surface area contributed by atoms with Gasteiger partial charge in [0.25, 0.3) is 0 Å². The summed E-state index contributed by atoms with van der Waals surface area (Å²) in [5.74, 6) is 3.62. The zero-order chi connectivity index (χ0) is 19.3. The molecule has 0 bridgehead atoms. The molecule has 0 nitrogen and oxygen atoms in total. The summed E-state index contributed by atoms with van der Waals surface area (Å²) in [5.41, 5.74) is 5.81. The van der Waals surface area contributed by atoms with E-state index >= 15 is 0 Å². The number of benzene rings is 2. The van der Waals surface area contributed by atoms with Crippen molar-refractivity contribution in [3.63, 3.8) is 0 Å². The summed E-state index contributed by atoms with van der Waals surface area (Å²) in [7, 11) is 0. The van der Waals surface area contributed by atoms with Gasteiger partial charge in [-0.2, -0.15) is 0 Å². The van der Waals surface area contributed by atoms with Gasteiger partial charge in [-0.15, -0.1) is 0 Å². The van der Waals surface area contributed by atoms with Crippen LogP contribution in [0.1, 0.15) is 88.7 Å². The lowest BCUT2D eigenvalue weighted by atomic mass is 9.77. The Bertz CT molecular complexity index is 708. The summed E-state index contributed by atoms with van der Waals surface area (Å²) in [4.78, 5) is 0. The molecule has 4 rings (SSSR count). The van der Waals surface area contributed by atoms with Crippen molar-refractivity contribution in [2.75, 3.05) is 0 Å². The van der Waals surface area contributed by atoms with Crippen LogP contribution in [0, 0.1) is 17.8 Å². The molecule has 2 saturated carbocycles. The molecule has 150 valence electrons. The predicted octanol–water partition coefficient (Wildman–Crippen LogP) is 8.41. The molecule has 2 aliphatic carbocycles. The molecule has 0 aromatic heterocycles. The molecule has 2 fully saturated rings. The Morgan fingerprint density at radius 3 is 1.75 bits per heavy atom. The molecule has 2 aromatic rings. The molecule has 0 saturated heterocycles. The van der Waals surface area contributed by atoms with Gasteiger partial charge in [0.05, 0.1) is 0 Å². The average Bonchev–Trinajstić information content (AvgIpc) is 2.76. The topological polar surface area (TPSA) is 0 Å². The summed E-state index contributed by atoms with van der Waals surface area (Å²) in [6.07, 6.45) is 13.9. The molecular formula is C28H38. The number of rotatable bonds is 5. The van der Waals surface area contributed by atoms with Gasteiger partial charge in [0.1, 0.15) is 0 Å². The van der Waals surface area contributed by atoms with Gasteiger partial charge in [-0.3, -0.25) is 0 Å². The van der Waals surface area contributed by atoms with Gasteiger partial charge in [0, 0.05) is 0 Å². The highest BCUT2D eigenvalue weighted by Crippen LogP contribution is 2.37. The van der Waals surface area contributed by atoms with Crippen LogP contribution in [-0.2, 0) is 6.42 Å². The molecule has 0 heterocycles. The van der Waals surface area contributed by atoms with Crippen LogP contribution in [0.5, 0.6) is 0 Å². The van der Waals surface area contributed by atoms with Gasteiger partial charge in [-0.1, -0.05) is 81.6 Å². The van der Waals surface area contributed by atoms with Crippen molar-refractivity contribution in [3.05, 3.63) is 59.7 Å². The van der Waals surface area contributed by atoms with Crippen molar-refractivity contribution < 1.29 is 0 Å². The summed E-state index contributed by atoms with van der Waals surface area (Å²) in [5, 5.41) is 0. The van der Waals surface area contributed by atoms with Crippen LogP contribution in [0.15, 0.2) is 48.5 Å². The zero-order valence-corrected chi connectivity index (χ0v) is 18.0. The molecule has 0 atom stereocenters. The maximum Gasteiger partial charge on any atom is -0.0162 e. The third-order valence-electron chi connectivity index (χ3n) is 7.75. The van der Waals surface area contributed by atoms with E-state index < -0.39 is 0 Å².